The summed E-state index contributed by atoms with van der Waals surface area (Å²) in [4.78, 5) is 17.7. The molecule has 18 heavy (non-hydrogen) atoms. The van der Waals surface area contributed by atoms with Gasteiger partial charge in [-0.3, -0.25) is 10.1 Å². The highest BCUT2D eigenvalue weighted by molar-refractivity contribution is 9.10. The number of hydrogen-bond donors (Lipinski definition) is 0. The van der Waals surface area contributed by atoms with Crippen molar-refractivity contribution >= 4 is 33.2 Å². The Labute approximate surface area is 115 Å². The van der Waals surface area contributed by atoms with Crippen LogP contribution in [0.2, 0.25) is 5.28 Å². The van der Waals surface area contributed by atoms with Gasteiger partial charge in [0, 0.05) is 12.3 Å². The molecule has 0 amide bonds. The Morgan fingerprint density at radius 3 is 2.94 bits per heavy atom. The summed E-state index contributed by atoms with van der Waals surface area (Å²) in [5.74, 6) is 0.482. The van der Waals surface area contributed by atoms with Crippen LogP contribution in [0.1, 0.15) is 0 Å². The van der Waals surface area contributed by atoms with Crippen LogP contribution in [0, 0.1) is 10.1 Å². The van der Waals surface area contributed by atoms with E-state index in [1.165, 1.54) is 24.4 Å². The van der Waals surface area contributed by atoms with Crippen molar-refractivity contribution in [3.63, 3.8) is 0 Å². The van der Waals surface area contributed by atoms with E-state index in [2.05, 4.69) is 25.9 Å². The van der Waals surface area contributed by atoms with E-state index in [0.717, 1.165) is 0 Å². The fourth-order valence-electron chi connectivity index (χ4n) is 1.17. The normalized spacial score (nSPS) is 10.1. The Bertz CT molecular complexity index is 609. The molecular weight excluding hydrogens is 325 g/mol. The van der Waals surface area contributed by atoms with Crippen molar-refractivity contribution in [2.75, 3.05) is 0 Å². The zero-order valence-corrected chi connectivity index (χ0v) is 11.1. The second-order valence-electron chi connectivity index (χ2n) is 3.15. The molecule has 1 aromatic heterocycles. The molecule has 0 bridgehead atoms. The highest BCUT2D eigenvalue weighted by Gasteiger charge is 2.10. The molecule has 6 nitrogen and oxygen atoms in total. The highest BCUT2D eigenvalue weighted by Crippen LogP contribution is 2.29. The van der Waals surface area contributed by atoms with Crippen molar-refractivity contribution in [3.8, 4) is 11.6 Å². The molecule has 0 radical (unpaired) electrons. The van der Waals surface area contributed by atoms with Crippen LogP contribution < -0.4 is 4.74 Å². The lowest BCUT2D eigenvalue weighted by atomic mass is 10.3. The third kappa shape index (κ3) is 2.93. The third-order valence-electron chi connectivity index (χ3n) is 1.93. The zero-order valence-electron chi connectivity index (χ0n) is 8.71. The van der Waals surface area contributed by atoms with E-state index in [-0.39, 0.29) is 16.9 Å². The summed E-state index contributed by atoms with van der Waals surface area (Å²) in [5.41, 5.74) is -0.0659. The maximum Gasteiger partial charge on any atom is 0.273 e. The number of nitro benzene ring substituents is 1. The first-order valence-electron chi connectivity index (χ1n) is 4.66. The van der Waals surface area contributed by atoms with Gasteiger partial charge in [-0.2, -0.15) is 4.98 Å². The Balaban J connectivity index is 2.31. The monoisotopic (exact) mass is 329 g/mol. The van der Waals surface area contributed by atoms with Crippen molar-refractivity contribution in [3.05, 3.63) is 50.3 Å². The number of halogens is 2. The number of nitro groups is 1. The highest BCUT2D eigenvalue weighted by atomic mass is 79.9. The van der Waals surface area contributed by atoms with Crippen molar-refractivity contribution in [2.24, 2.45) is 0 Å². The van der Waals surface area contributed by atoms with Crippen molar-refractivity contribution in [2.45, 2.75) is 0 Å². The number of ether oxygens (including phenoxy) is 1. The van der Waals surface area contributed by atoms with Crippen molar-refractivity contribution in [1.29, 1.82) is 0 Å². The molecular formula is C10H5BrClN3O3. The molecule has 1 heterocycles. The van der Waals surface area contributed by atoms with Gasteiger partial charge >= 0.3 is 0 Å². The van der Waals surface area contributed by atoms with Crippen LogP contribution in [0.4, 0.5) is 5.69 Å². The fraction of sp³-hybridized carbons (Fsp3) is 0. The van der Waals surface area contributed by atoms with Crippen LogP contribution in [0.25, 0.3) is 0 Å². The standard InChI is InChI=1S/C10H5BrClN3O3/c11-8-5-13-10(12)14-9(8)18-7-3-1-2-6(4-7)15(16)17/h1-5H. The van der Waals surface area contributed by atoms with Crippen LogP contribution in [0.15, 0.2) is 34.9 Å². The summed E-state index contributed by atoms with van der Waals surface area (Å²) in [6.07, 6.45) is 1.43. The molecule has 0 aliphatic carbocycles. The molecule has 0 saturated carbocycles. The molecule has 2 aromatic rings. The second-order valence-corrected chi connectivity index (χ2v) is 4.34. The Morgan fingerprint density at radius 2 is 2.22 bits per heavy atom. The minimum atomic E-state index is -0.505. The quantitative estimate of drug-likeness (QED) is 0.488. The summed E-state index contributed by atoms with van der Waals surface area (Å²) in [6, 6.07) is 5.76. The van der Waals surface area contributed by atoms with Gasteiger partial charge in [-0.15, -0.1) is 0 Å². The predicted molar refractivity (Wildman–Crippen MR) is 67.9 cm³/mol. The van der Waals surface area contributed by atoms with E-state index >= 15 is 0 Å². The lowest BCUT2D eigenvalue weighted by Crippen LogP contribution is -1.93. The number of hydrogen-bond acceptors (Lipinski definition) is 5. The summed E-state index contributed by atoms with van der Waals surface area (Å²) < 4.78 is 5.89. The minimum Gasteiger partial charge on any atom is -0.437 e. The molecule has 1 aromatic carbocycles. The van der Waals surface area contributed by atoms with E-state index < -0.39 is 4.92 Å². The lowest BCUT2D eigenvalue weighted by Gasteiger charge is -2.05. The van der Waals surface area contributed by atoms with Crippen LogP contribution in [0.5, 0.6) is 11.6 Å². The molecule has 0 aliphatic heterocycles. The molecule has 2 rings (SSSR count). The van der Waals surface area contributed by atoms with Gasteiger partial charge in [0.2, 0.25) is 11.2 Å². The van der Waals surface area contributed by atoms with Crippen molar-refractivity contribution in [1.82, 2.24) is 9.97 Å². The summed E-state index contributed by atoms with van der Waals surface area (Å²) >= 11 is 8.83. The summed E-state index contributed by atoms with van der Waals surface area (Å²) in [6.45, 7) is 0. The second kappa shape index (κ2) is 5.28. The number of rotatable bonds is 3. The van der Waals surface area contributed by atoms with Crippen molar-refractivity contribution < 1.29 is 9.66 Å². The van der Waals surface area contributed by atoms with E-state index in [1.54, 1.807) is 6.07 Å². The maximum atomic E-state index is 10.6. The van der Waals surface area contributed by atoms with Gasteiger partial charge in [0.1, 0.15) is 5.75 Å². The van der Waals surface area contributed by atoms with Crippen LogP contribution >= 0.6 is 27.5 Å². The van der Waals surface area contributed by atoms with Gasteiger partial charge < -0.3 is 4.74 Å². The topological polar surface area (TPSA) is 78.2 Å². The molecule has 0 atom stereocenters. The summed E-state index contributed by atoms with van der Waals surface area (Å²) in [5, 5.41) is 10.6. The molecule has 0 unspecified atom stereocenters. The first kappa shape index (κ1) is 12.7. The van der Waals surface area contributed by atoms with E-state index in [1.807, 2.05) is 0 Å². The third-order valence-corrected chi connectivity index (χ3v) is 2.65. The zero-order chi connectivity index (χ0) is 13.1. The van der Waals surface area contributed by atoms with Gasteiger partial charge in [-0.05, 0) is 33.6 Å². The fourth-order valence-corrected chi connectivity index (χ4v) is 1.57. The number of benzene rings is 1. The van der Waals surface area contributed by atoms with Gasteiger partial charge in [0.05, 0.1) is 15.5 Å². The smallest absolute Gasteiger partial charge is 0.273 e. The van der Waals surface area contributed by atoms with Crippen LogP contribution in [0.3, 0.4) is 0 Å². The van der Waals surface area contributed by atoms with Gasteiger partial charge in [-0.1, -0.05) is 6.07 Å². The SMILES string of the molecule is O=[N+]([O-])c1cccc(Oc2nc(Cl)ncc2Br)c1. The molecule has 8 heteroatoms. The van der Waals surface area contributed by atoms with Gasteiger partial charge in [-0.25, -0.2) is 4.98 Å². The first-order chi connectivity index (χ1) is 8.56. The Kier molecular flexibility index (Phi) is 3.73. The lowest BCUT2D eigenvalue weighted by molar-refractivity contribution is -0.384. The molecule has 92 valence electrons. The molecule has 0 spiro atoms. The van der Waals surface area contributed by atoms with E-state index in [0.29, 0.717) is 10.2 Å². The van der Waals surface area contributed by atoms with E-state index in [9.17, 15) is 10.1 Å². The average molecular weight is 331 g/mol. The largest absolute Gasteiger partial charge is 0.437 e. The predicted octanol–water partition coefficient (Wildman–Crippen LogP) is 3.59. The van der Waals surface area contributed by atoms with Crippen LogP contribution in [-0.2, 0) is 0 Å². The molecule has 0 aliphatic rings. The van der Waals surface area contributed by atoms with E-state index in [4.69, 9.17) is 16.3 Å². The average Bonchev–Trinajstić information content (AvgIpc) is 2.34. The van der Waals surface area contributed by atoms with Gasteiger partial charge in [0.25, 0.3) is 5.69 Å². The Morgan fingerprint density at radius 1 is 1.44 bits per heavy atom. The number of nitrogens with zero attached hydrogens (tertiary/aromatic N) is 3. The van der Waals surface area contributed by atoms with Crippen LogP contribution in [-0.4, -0.2) is 14.9 Å². The molecule has 0 saturated heterocycles. The molecule has 0 N–H and O–H groups in total. The Hall–Kier alpha value is -1.73. The molecule has 0 fully saturated rings. The maximum absolute atomic E-state index is 10.6. The number of non-ortho nitro benzene ring substituents is 1. The first-order valence-corrected chi connectivity index (χ1v) is 5.83. The van der Waals surface area contributed by atoms with Gasteiger partial charge in [0.15, 0.2) is 0 Å². The summed E-state index contributed by atoms with van der Waals surface area (Å²) in [7, 11) is 0. The number of aromatic nitrogens is 2. The minimum absolute atomic E-state index is 0.0265.